The number of hydrogen-bond donors (Lipinski definition) is 1. The molecule has 0 heterocycles. The predicted octanol–water partition coefficient (Wildman–Crippen LogP) is 1.02. The molecular weight excluding hydrogens is 237 g/mol. The number of nitrogens with zero attached hydrogens (tertiary/aromatic N) is 1. The molecule has 0 aliphatic carbocycles. The number of hydrogen-bond acceptors (Lipinski definition) is 4. The van der Waals surface area contributed by atoms with Crippen LogP contribution in [0.2, 0.25) is 0 Å². The maximum absolute atomic E-state index is 12.2. The van der Waals surface area contributed by atoms with Gasteiger partial charge in [-0.2, -0.15) is 13.2 Å². The minimum Gasteiger partial charge on any atom is -0.465 e. The SMILES string of the molecule is CCOC(=O)C(CN(CC)CC(F)(F)F)NC. The van der Waals surface area contributed by atoms with Gasteiger partial charge in [0.05, 0.1) is 13.2 Å². The van der Waals surface area contributed by atoms with E-state index in [4.69, 9.17) is 4.74 Å². The number of carbonyl (C=O) groups excluding carboxylic acids is 1. The lowest BCUT2D eigenvalue weighted by atomic mass is 10.2. The maximum Gasteiger partial charge on any atom is 0.401 e. The van der Waals surface area contributed by atoms with Crippen molar-refractivity contribution in [3.05, 3.63) is 0 Å². The second kappa shape index (κ2) is 7.50. The van der Waals surface area contributed by atoms with Gasteiger partial charge >= 0.3 is 12.1 Å². The summed E-state index contributed by atoms with van der Waals surface area (Å²) < 4.78 is 41.4. The second-order valence-electron chi connectivity index (χ2n) is 3.54. The summed E-state index contributed by atoms with van der Waals surface area (Å²) in [4.78, 5) is 12.5. The van der Waals surface area contributed by atoms with Gasteiger partial charge in [0.1, 0.15) is 6.04 Å². The Morgan fingerprint density at radius 1 is 1.41 bits per heavy atom. The Balaban J connectivity index is 4.36. The van der Waals surface area contributed by atoms with E-state index in [1.807, 2.05) is 0 Å². The van der Waals surface area contributed by atoms with Gasteiger partial charge < -0.3 is 10.1 Å². The molecule has 0 rings (SSSR count). The zero-order valence-corrected chi connectivity index (χ0v) is 10.3. The Hall–Kier alpha value is -0.820. The van der Waals surface area contributed by atoms with Gasteiger partial charge in [0.25, 0.3) is 0 Å². The van der Waals surface area contributed by atoms with E-state index in [0.29, 0.717) is 0 Å². The van der Waals surface area contributed by atoms with Crippen molar-refractivity contribution in [3.63, 3.8) is 0 Å². The Labute approximate surface area is 99.1 Å². The molecule has 0 aromatic carbocycles. The summed E-state index contributed by atoms with van der Waals surface area (Å²) >= 11 is 0. The molecule has 0 saturated heterocycles. The molecular formula is C10H19F3N2O2. The summed E-state index contributed by atoms with van der Waals surface area (Å²) in [5.41, 5.74) is 0. The summed E-state index contributed by atoms with van der Waals surface area (Å²) in [6, 6.07) is -0.739. The minimum atomic E-state index is -4.26. The van der Waals surface area contributed by atoms with Crippen molar-refractivity contribution >= 4 is 5.97 Å². The lowest BCUT2D eigenvalue weighted by Crippen LogP contribution is -2.47. The number of alkyl halides is 3. The number of esters is 1. The average molecular weight is 256 g/mol. The average Bonchev–Trinajstić information content (AvgIpc) is 2.22. The van der Waals surface area contributed by atoms with Crippen molar-refractivity contribution in [3.8, 4) is 0 Å². The number of likely N-dealkylation sites (N-methyl/N-ethyl adjacent to an activating group) is 2. The predicted molar refractivity (Wildman–Crippen MR) is 57.6 cm³/mol. The highest BCUT2D eigenvalue weighted by Crippen LogP contribution is 2.16. The summed E-state index contributed by atoms with van der Waals surface area (Å²) in [6.45, 7) is 2.65. The summed E-state index contributed by atoms with van der Waals surface area (Å²) in [5, 5.41) is 2.65. The first-order valence-corrected chi connectivity index (χ1v) is 5.47. The molecule has 0 aliphatic heterocycles. The van der Waals surface area contributed by atoms with E-state index in [1.165, 1.54) is 7.05 Å². The van der Waals surface area contributed by atoms with Crippen LogP contribution < -0.4 is 5.32 Å². The first kappa shape index (κ1) is 16.2. The number of nitrogens with one attached hydrogen (secondary N) is 1. The molecule has 1 unspecified atom stereocenters. The van der Waals surface area contributed by atoms with Crippen LogP contribution in [0.5, 0.6) is 0 Å². The summed E-state index contributed by atoms with van der Waals surface area (Å²) in [7, 11) is 1.52. The molecule has 0 amide bonds. The van der Waals surface area contributed by atoms with Crippen molar-refractivity contribution in [1.82, 2.24) is 10.2 Å². The third kappa shape index (κ3) is 7.17. The van der Waals surface area contributed by atoms with E-state index in [1.54, 1.807) is 13.8 Å². The van der Waals surface area contributed by atoms with Crippen LogP contribution in [0.3, 0.4) is 0 Å². The van der Waals surface area contributed by atoms with Gasteiger partial charge in [0.2, 0.25) is 0 Å². The van der Waals surface area contributed by atoms with Crippen LogP contribution in [0.4, 0.5) is 13.2 Å². The van der Waals surface area contributed by atoms with Gasteiger partial charge in [0, 0.05) is 6.54 Å². The van der Waals surface area contributed by atoms with Crippen molar-refractivity contribution < 1.29 is 22.7 Å². The Kier molecular flexibility index (Phi) is 7.13. The van der Waals surface area contributed by atoms with Crippen molar-refractivity contribution in [2.45, 2.75) is 26.1 Å². The van der Waals surface area contributed by atoms with Crippen LogP contribution in [0.1, 0.15) is 13.8 Å². The first-order chi connectivity index (χ1) is 7.84. The van der Waals surface area contributed by atoms with Gasteiger partial charge in [-0.15, -0.1) is 0 Å². The quantitative estimate of drug-likeness (QED) is 0.691. The molecule has 0 spiro atoms. The highest BCUT2D eigenvalue weighted by Gasteiger charge is 2.32. The van der Waals surface area contributed by atoms with E-state index >= 15 is 0 Å². The Morgan fingerprint density at radius 2 is 2.00 bits per heavy atom. The highest BCUT2D eigenvalue weighted by atomic mass is 19.4. The lowest BCUT2D eigenvalue weighted by molar-refractivity contribution is -0.153. The molecule has 0 radical (unpaired) electrons. The minimum absolute atomic E-state index is 0.0225. The standard InChI is InChI=1S/C10H19F3N2O2/c1-4-15(7-10(11,12)13)6-8(14-3)9(16)17-5-2/h8,14H,4-7H2,1-3H3. The fraction of sp³-hybridized carbons (Fsp3) is 0.900. The van der Waals surface area contributed by atoms with Crippen molar-refractivity contribution in [1.29, 1.82) is 0 Å². The van der Waals surface area contributed by atoms with Crippen LogP contribution in [-0.4, -0.2) is 56.4 Å². The zero-order chi connectivity index (χ0) is 13.5. The van der Waals surface area contributed by atoms with Crippen LogP contribution >= 0.6 is 0 Å². The maximum atomic E-state index is 12.2. The molecule has 0 bridgehead atoms. The zero-order valence-electron chi connectivity index (χ0n) is 10.3. The monoisotopic (exact) mass is 256 g/mol. The molecule has 0 aromatic heterocycles. The van der Waals surface area contributed by atoms with E-state index in [0.717, 1.165) is 4.90 Å². The molecule has 102 valence electrons. The van der Waals surface area contributed by atoms with E-state index < -0.39 is 24.7 Å². The normalized spacial score (nSPS) is 13.8. The van der Waals surface area contributed by atoms with Crippen molar-refractivity contribution in [2.24, 2.45) is 0 Å². The smallest absolute Gasteiger partial charge is 0.401 e. The third-order valence-corrected chi connectivity index (χ3v) is 2.21. The molecule has 1 atom stereocenters. The van der Waals surface area contributed by atoms with Crippen LogP contribution in [0.25, 0.3) is 0 Å². The molecule has 1 N–H and O–H groups in total. The van der Waals surface area contributed by atoms with Gasteiger partial charge in [-0.1, -0.05) is 6.92 Å². The molecule has 0 aliphatic rings. The van der Waals surface area contributed by atoms with Gasteiger partial charge in [-0.3, -0.25) is 9.69 Å². The van der Waals surface area contributed by atoms with Gasteiger partial charge in [-0.05, 0) is 20.5 Å². The lowest BCUT2D eigenvalue weighted by Gasteiger charge is -2.25. The van der Waals surface area contributed by atoms with Gasteiger partial charge in [-0.25, -0.2) is 0 Å². The highest BCUT2D eigenvalue weighted by molar-refractivity contribution is 5.76. The molecule has 0 saturated carbocycles. The second-order valence-corrected chi connectivity index (χ2v) is 3.54. The van der Waals surface area contributed by atoms with E-state index in [-0.39, 0.29) is 19.7 Å². The summed E-state index contributed by atoms with van der Waals surface area (Å²) in [5.74, 6) is -0.532. The topological polar surface area (TPSA) is 41.6 Å². The fourth-order valence-corrected chi connectivity index (χ4v) is 1.34. The Bertz CT molecular complexity index is 234. The fourth-order valence-electron chi connectivity index (χ4n) is 1.34. The van der Waals surface area contributed by atoms with E-state index in [9.17, 15) is 18.0 Å². The number of carbonyl (C=O) groups is 1. The van der Waals surface area contributed by atoms with Crippen LogP contribution in [0, 0.1) is 0 Å². The van der Waals surface area contributed by atoms with Crippen molar-refractivity contribution in [2.75, 3.05) is 33.3 Å². The number of rotatable bonds is 7. The largest absolute Gasteiger partial charge is 0.465 e. The molecule has 17 heavy (non-hydrogen) atoms. The van der Waals surface area contributed by atoms with Crippen LogP contribution in [0.15, 0.2) is 0 Å². The number of halogens is 3. The van der Waals surface area contributed by atoms with E-state index in [2.05, 4.69) is 5.32 Å². The molecule has 0 fully saturated rings. The number of ether oxygens (including phenoxy) is 1. The Morgan fingerprint density at radius 3 is 2.35 bits per heavy atom. The van der Waals surface area contributed by atoms with Gasteiger partial charge in [0.15, 0.2) is 0 Å². The molecule has 7 heteroatoms. The van der Waals surface area contributed by atoms with Crippen LogP contribution in [-0.2, 0) is 9.53 Å². The first-order valence-electron chi connectivity index (χ1n) is 5.47. The third-order valence-electron chi connectivity index (χ3n) is 2.21. The summed E-state index contributed by atoms with van der Waals surface area (Å²) in [6.07, 6.45) is -4.26. The molecule has 4 nitrogen and oxygen atoms in total. The molecule has 0 aromatic rings.